The number of Topliss-reactive ketones (excluding diaryl/α,β-unsaturated/α-hetero) is 1. The first-order valence-electron chi connectivity index (χ1n) is 11.9. The van der Waals surface area contributed by atoms with E-state index in [4.69, 9.17) is 15.9 Å². The summed E-state index contributed by atoms with van der Waals surface area (Å²) in [5.74, 6) is 3.07. The molecule has 1 aliphatic carbocycles. The van der Waals surface area contributed by atoms with Gasteiger partial charge in [-0.2, -0.15) is 0 Å². The lowest BCUT2D eigenvalue weighted by Crippen LogP contribution is -2.22. The average molecular weight is 466 g/mol. The molecule has 180 valence electrons. The van der Waals surface area contributed by atoms with Crippen molar-refractivity contribution in [2.45, 2.75) is 51.9 Å². The zero-order chi connectivity index (χ0) is 24.5. The summed E-state index contributed by atoms with van der Waals surface area (Å²) < 4.78 is 24.5. The Morgan fingerprint density at radius 3 is 2.65 bits per heavy atom. The van der Waals surface area contributed by atoms with Crippen LogP contribution in [-0.4, -0.2) is 30.6 Å². The van der Waals surface area contributed by atoms with Gasteiger partial charge in [0.2, 0.25) is 0 Å². The molecule has 1 aromatic carbocycles. The summed E-state index contributed by atoms with van der Waals surface area (Å²) >= 11 is 0. The molecule has 1 heterocycles. The van der Waals surface area contributed by atoms with Gasteiger partial charge in [-0.15, -0.1) is 12.3 Å². The zero-order valence-electron chi connectivity index (χ0n) is 19.9. The summed E-state index contributed by atoms with van der Waals surface area (Å²) in [5.41, 5.74) is 2.06. The molecule has 0 amide bonds. The van der Waals surface area contributed by atoms with Crippen LogP contribution in [0.3, 0.4) is 0 Å². The molecule has 2 atom stereocenters. The van der Waals surface area contributed by atoms with Crippen molar-refractivity contribution in [1.29, 1.82) is 0 Å². The molecule has 5 nitrogen and oxygen atoms in total. The Balaban J connectivity index is 1.81. The van der Waals surface area contributed by atoms with Gasteiger partial charge < -0.3 is 14.5 Å². The lowest BCUT2D eigenvalue weighted by molar-refractivity contribution is 0.0962. The maximum Gasteiger partial charge on any atom is 0.262 e. The zero-order valence-corrected chi connectivity index (χ0v) is 19.9. The molecular weight excluding hydrogens is 433 g/mol. The number of H-pyrrole nitrogens is 1. The van der Waals surface area contributed by atoms with Crippen LogP contribution in [-0.2, 0) is 4.74 Å². The molecule has 0 aliphatic heterocycles. The first-order chi connectivity index (χ1) is 16.5. The topological polar surface area (TPSA) is 68.4 Å². The highest BCUT2D eigenvalue weighted by molar-refractivity contribution is 5.99. The van der Waals surface area contributed by atoms with Crippen molar-refractivity contribution in [3.63, 3.8) is 0 Å². The number of benzene rings is 1. The van der Waals surface area contributed by atoms with Gasteiger partial charge in [0.1, 0.15) is 23.7 Å². The van der Waals surface area contributed by atoms with E-state index < -0.39 is 5.56 Å². The summed E-state index contributed by atoms with van der Waals surface area (Å²) in [6.45, 7) is 5.21. The van der Waals surface area contributed by atoms with E-state index in [0.717, 1.165) is 29.7 Å². The van der Waals surface area contributed by atoms with Crippen LogP contribution in [0, 0.1) is 24.1 Å². The normalized spacial score (nSPS) is 17.3. The quantitative estimate of drug-likeness (QED) is 0.241. The fraction of sp³-hybridized carbons (Fsp3) is 0.429. The predicted molar refractivity (Wildman–Crippen MR) is 132 cm³/mol. The van der Waals surface area contributed by atoms with E-state index in [-0.39, 0.29) is 30.2 Å². The number of terminal acetylenes is 1. The highest BCUT2D eigenvalue weighted by Gasteiger charge is 2.38. The minimum absolute atomic E-state index is 0.0318. The second-order valence-corrected chi connectivity index (χ2v) is 8.42. The molecule has 1 N–H and O–H groups in total. The van der Waals surface area contributed by atoms with E-state index in [9.17, 15) is 14.0 Å². The minimum atomic E-state index is -0.424. The van der Waals surface area contributed by atoms with Crippen LogP contribution in [0.5, 0.6) is 5.75 Å². The number of rotatable bonds is 13. The van der Waals surface area contributed by atoms with Crippen molar-refractivity contribution in [1.82, 2.24) is 4.98 Å². The van der Waals surface area contributed by atoms with Gasteiger partial charge in [-0.3, -0.25) is 9.59 Å². The molecule has 2 unspecified atom stereocenters. The lowest BCUT2D eigenvalue weighted by Gasteiger charge is -2.13. The minimum Gasteiger partial charge on any atom is -0.490 e. The van der Waals surface area contributed by atoms with Crippen molar-refractivity contribution < 1.29 is 18.7 Å². The van der Waals surface area contributed by atoms with Gasteiger partial charge in [-0.1, -0.05) is 31.6 Å². The first-order valence-corrected chi connectivity index (χ1v) is 11.9. The molecule has 0 bridgehead atoms. The van der Waals surface area contributed by atoms with Crippen molar-refractivity contribution in [2.24, 2.45) is 5.92 Å². The number of carbonyl (C=O) groups excluding carboxylic acids is 1. The van der Waals surface area contributed by atoms with Gasteiger partial charge >= 0.3 is 0 Å². The van der Waals surface area contributed by atoms with E-state index in [1.807, 2.05) is 13.0 Å². The highest BCUT2D eigenvalue weighted by atomic mass is 19.1. The Labute approximate surface area is 200 Å². The number of ketones is 1. The number of pyridine rings is 1. The van der Waals surface area contributed by atoms with Gasteiger partial charge in [0, 0.05) is 37.1 Å². The number of nitrogens with one attached hydrogen (secondary N) is 1. The predicted octanol–water partition coefficient (Wildman–Crippen LogP) is 5.51. The molecule has 3 rings (SSSR count). The number of halogens is 1. The van der Waals surface area contributed by atoms with Crippen LogP contribution in [0.1, 0.15) is 73.5 Å². The van der Waals surface area contributed by atoms with Crippen molar-refractivity contribution in [3.8, 4) is 18.1 Å². The monoisotopic (exact) mass is 465 g/mol. The maximum absolute atomic E-state index is 13.4. The van der Waals surface area contributed by atoms with Crippen LogP contribution in [0.4, 0.5) is 4.39 Å². The Hall–Kier alpha value is -3.17. The molecule has 34 heavy (non-hydrogen) atoms. The van der Waals surface area contributed by atoms with Crippen molar-refractivity contribution in [3.05, 3.63) is 69.4 Å². The molecule has 1 aliphatic rings. The number of carbonyl (C=O) groups is 1. The summed E-state index contributed by atoms with van der Waals surface area (Å²) in [6.07, 6.45) is 10.2. The van der Waals surface area contributed by atoms with Gasteiger partial charge in [0.25, 0.3) is 5.56 Å². The number of allylic oxidation sites excluding steroid dienone is 2. The van der Waals surface area contributed by atoms with E-state index >= 15 is 0 Å². The van der Waals surface area contributed by atoms with E-state index in [0.29, 0.717) is 43.6 Å². The molecule has 0 radical (unpaired) electrons. The second-order valence-electron chi connectivity index (χ2n) is 8.42. The molecule has 1 fully saturated rings. The summed E-state index contributed by atoms with van der Waals surface area (Å²) in [4.78, 5) is 29.1. The number of hydrogen-bond acceptors (Lipinski definition) is 4. The maximum atomic E-state index is 13.4. The number of hydrogen-bond donors (Lipinski definition) is 1. The van der Waals surface area contributed by atoms with Crippen molar-refractivity contribution in [2.75, 3.05) is 19.8 Å². The van der Waals surface area contributed by atoms with Gasteiger partial charge in [-0.25, -0.2) is 4.39 Å². The third-order valence-electron chi connectivity index (χ3n) is 6.14. The Morgan fingerprint density at radius 1 is 1.24 bits per heavy atom. The fourth-order valence-corrected chi connectivity index (χ4v) is 4.15. The van der Waals surface area contributed by atoms with E-state index in [1.165, 1.54) is 12.1 Å². The van der Waals surface area contributed by atoms with Crippen LogP contribution < -0.4 is 10.3 Å². The fourth-order valence-electron chi connectivity index (χ4n) is 4.15. The third kappa shape index (κ3) is 6.68. The Bertz CT molecular complexity index is 1110. The molecule has 6 heteroatoms. The lowest BCUT2D eigenvalue weighted by atomic mass is 9.96. The van der Waals surface area contributed by atoms with Gasteiger partial charge in [0.05, 0.1) is 6.61 Å². The van der Waals surface area contributed by atoms with Crippen molar-refractivity contribution >= 4 is 11.4 Å². The highest BCUT2D eigenvalue weighted by Crippen LogP contribution is 2.49. The van der Waals surface area contributed by atoms with Gasteiger partial charge in [0.15, 0.2) is 5.78 Å². The first kappa shape index (κ1) is 25.5. The summed E-state index contributed by atoms with van der Waals surface area (Å²) in [7, 11) is 0. The second kappa shape index (κ2) is 12.3. The molecule has 1 saturated carbocycles. The Kier molecular flexibility index (Phi) is 9.24. The van der Waals surface area contributed by atoms with Crippen LogP contribution >= 0.6 is 0 Å². The molecule has 1 aromatic heterocycles. The Morgan fingerprint density at radius 2 is 2.00 bits per heavy atom. The number of ether oxygens (including phenoxy) is 2. The van der Waals surface area contributed by atoms with Gasteiger partial charge in [-0.05, 0) is 49.0 Å². The third-order valence-corrected chi connectivity index (χ3v) is 6.14. The molecule has 0 saturated heterocycles. The number of aromatic amines is 1. The van der Waals surface area contributed by atoms with E-state index in [2.05, 4.69) is 17.8 Å². The SMILES string of the molecule is C#CCC=C(CCC(=O)c1c(OCCOCC)cc(C2CC2CC)[nH]c1=O)c1ccc(F)cc1. The standard InChI is InChI=1S/C28H32FNO4/c1-4-7-8-20(21-9-12-22(29)13-10-21)11-14-25(31)27-26(34-16-15-33-6-3)18-24(30-28(27)32)23-17-19(23)5-2/h1,8-10,12-13,18-19,23H,5-7,11,14-17H2,2-3H3,(H,30,32). The molecule has 0 spiro atoms. The number of aromatic nitrogens is 1. The summed E-state index contributed by atoms with van der Waals surface area (Å²) in [5, 5.41) is 0. The molecule has 2 aromatic rings. The van der Waals surface area contributed by atoms with Crippen LogP contribution in [0.15, 0.2) is 41.2 Å². The smallest absolute Gasteiger partial charge is 0.262 e. The molecular formula is C28H32FNO4. The van der Waals surface area contributed by atoms with Crippen LogP contribution in [0.25, 0.3) is 5.57 Å². The average Bonchev–Trinajstić information content (AvgIpc) is 3.62. The largest absolute Gasteiger partial charge is 0.490 e. The summed E-state index contributed by atoms with van der Waals surface area (Å²) in [6, 6.07) is 7.86. The van der Waals surface area contributed by atoms with E-state index in [1.54, 1.807) is 18.2 Å². The van der Waals surface area contributed by atoms with Crippen LogP contribution in [0.2, 0.25) is 0 Å².